The van der Waals surface area contributed by atoms with E-state index in [0.29, 0.717) is 17.0 Å². The summed E-state index contributed by atoms with van der Waals surface area (Å²) in [5.74, 6) is -1.64. The van der Waals surface area contributed by atoms with Crippen LogP contribution in [0.1, 0.15) is 51.6 Å². The van der Waals surface area contributed by atoms with Gasteiger partial charge < -0.3 is 15.2 Å². The fraction of sp³-hybridized carbons (Fsp3) is 0.222. The van der Waals surface area contributed by atoms with Crippen molar-refractivity contribution in [3.05, 3.63) is 81.7 Å². The van der Waals surface area contributed by atoms with Crippen molar-refractivity contribution in [2.24, 2.45) is 0 Å². The second-order valence-electron chi connectivity index (χ2n) is 8.96. The van der Waals surface area contributed by atoms with Gasteiger partial charge in [0, 0.05) is 17.3 Å². The summed E-state index contributed by atoms with van der Waals surface area (Å²) < 4.78 is 37.0. The molecule has 2 aromatic heterocycles. The molecule has 39 heavy (non-hydrogen) atoms. The molecule has 0 unspecified atom stereocenters. The van der Waals surface area contributed by atoms with Crippen molar-refractivity contribution < 1.29 is 27.9 Å². The van der Waals surface area contributed by atoms with E-state index in [1.165, 1.54) is 41.1 Å². The van der Waals surface area contributed by atoms with Gasteiger partial charge in [-0.1, -0.05) is 30.7 Å². The minimum atomic E-state index is -4.11. The first-order valence-electron chi connectivity index (χ1n) is 12.1. The van der Waals surface area contributed by atoms with Gasteiger partial charge in [-0.2, -0.15) is 9.78 Å². The van der Waals surface area contributed by atoms with Crippen LogP contribution in [-0.2, 0) is 10.0 Å². The number of hydrogen-bond donors (Lipinski definition) is 3. The lowest BCUT2D eigenvalue weighted by molar-refractivity contribution is 0.0689. The van der Waals surface area contributed by atoms with E-state index < -0.39 is 16.0 Å². The number of anilines is 1. The number of ether oxygens (including phenoxy) is 1. The number of carboxylic acids is 1. The Bertz CT molecular complexity index is 1610. The van der Waals surface area contributed by atoms with E-state index in [-0.39, 0.29) is 45.4 Å². The number of carboxylic acid groups (broad SMARTS) is 1. The first kappa shape index (κ1) is 28.0. The number of benzene rings is 2. The average Bonchev–Trinajstić information content (AvgIpc) is 3.54. The van der Waals surface area contributed by atoms with Crippen LogP contribution in [0.25, 0.3) is 5.69 Å². The van der Waals surface area contributed by atoms with E-state index in [4.69, 9.17) is 4.74 Å². The highest BCUT2D eigenvalue weighted by Gasteiger charge is 2.27. The number of nitrogens with zero attached hydrogens (tertiary/aromatic N) is 2. The molecule has 1 atom stereocenters. The molecule has 0 spiro atoms. The number of carbonyl (C=O) groups excluding carboxylic acids is 1. The van der Waals surface area contributed by atoms with Crippen molar-refractivity contribution in [3.63, 3.8) is 0 Å². The molecule has 0 bridgehead atoms. The van der Waals surface area contributed by atoms with E-state index in [0.717, 1.165) is 5.56 Å². The highest BCUT2D eigenvalue weighted by molar-refractivity contribution is 7.89. The smallest absolute Gasteiger partial charge is 0.356 e. The van der Waals surface area contributed by atoms with Gasteiger partial charge in [-0.25, -0.2) is 17.9 Å². The Morgan fingerprint density at radius 2 is 1.85 bits per heavy atom. The lowest BCUT2D eigenvalue weighted by Crippen LogP contribution is -2.32. The van der Waals surface area contributed by atoms with E-state index in [1.54, 1.807) is 36.6 Å². The summed E-state index contributed by atoms with van der Waals surface area (Å²) in [4.78, 5) is 24.7. The van der Waals surface area contributed by atoms with Crippen LogP contribution >= 0.6 is 11.3 Å². The Kier molecular flexibility index (Phi) is 8.19. The number of thiophene rings is 1. The van der Waals surface area contributed by atoms with Crippen LogP contribution in [0, 0.1) is 13.8 Å². The zero-order chi connectivity index (χ0) is 28.3. The molecule has 0 radical (unpaired) electrons. The van der Waals surface area contributed by atoms with Crippen LogP contribution in [0.4, 0.5) is 5.69 Å². The first-order chi connectivity index (χ1) is 18.5. The Balaban J connectivity index is 1.82. The molecule has 3 N–H and O–H groups in total. The Morgan fingerprint density at radius 1 is 1.13 bits per heavy atom. The van der Waals surface area contributed by atoms with Gasteiger partial charge in [-0.15, -0.1) is 11.3 Å². The number of rotatable bonds is 10. The monoisotopic (exact) mass is 568 g/mol. The molecule has 0 fully saturated rings. The largest absolute Gasteiger partial charge is 0.476 e. The van der Waals surface area contributed by atoms with Crippen molar-refractivity contribution in [2.45, 2.75) is 45.1 Å². The van der Waals surface area contributed by atoms with Crippen molar-refractivity contribution in [1.82, 2.24) is 14.5 Å². The highest BCUT2D eigenvalue weighted by Crippen LogP contribution is 2.35. The Morgan fingerprint density at radius 3 is 2.46 bits per heavy atom. The molecule has 10 nitrogen and oxygen atoms in total. The minimum absolute atomic E-state index is 0.0478. The topological polar surface area (TPSA) is 140 Å². The van der Waals surface area contributed by atoms with Gasteiger partial charge in [-0.3, -0.25) is 4.79 Å². The molecule has 2 heterocycles. The lowest BCUT2D eigenvalue weighted by atomic mass is 10.2. The van der Waals surface area contributed by atoms with E-state index in [9.17, 15) is 23.1 Å². The summed E-state index contributed by atoms with van der Waals surface area (Å²) in [7, 11) is -4.11. The van der Waals surface area contributed by atoms with E-state index in [1.807, 2.05) is 26.0 Å². The van der Waals surface area contributed by atoms with Crippen LogP contribution in [0.3, 0.4) is 0 Å². The van der Waals surface area contributed by atoms with Gasteiger partial charge in [0.25, 0.3) is 5.91 Å². The van der Waals surface area contributed by atoms with E-state index >= 15 is 0 Å². The number of aromatic nitrogens is 2. The van der Waals surface area contributed by atoms with Gasteiger partial charge in [0.2, 0.25) is 15.9 Å². The molecule has 0 aliphatic rings. The summed E-state index contributed by atoms with van der Waals surface area (Å²) in [6.45, 7) is 7.03. The first-order valence-corrected chi connectivity index (χ1v) is 14.5. The van der Waals surface area contributed by atoms with Crippen molar-refractivity contribution in [2.75, 3.05) is 5.32 Å². The second kappa shape index (κ2) is 11.4. The summed E-state index contributed by atoms with van der Waals surface area (Å²) in [5, 5.41) is 18.4. The third-order valence-electron chi connectivity index (χ3n) is 5.96. The van der Waals surface area contributed by atoms with Crippen LogP contribution < -0.4 is 14.8 Å². The third kappa shape index (κ3) is 6.19. The summed E-state index contributed by atoms with van der Waals surface area (Å²) in [6.07, 6.45) is 0.547. The maximum absolute atomic E-state index is 13.5. The zero-order valence-corrected chi connectivity index (χ0v) is 23.4. The quantitative estimate of drug-likeness (QED) is 0.234. The molecule has 0 saturated heterocycles. The number of carbonyl (C=O) groups is 2. The van der Waals surface area contributed by atoms with Gasteiger partial charge >= 0.3 is 5.97 Å². The molecular weight excluding hydrogens is 540 g/mol. The predicted molar refractivity (Wildman–Crippen MR) is 149 cm³/mol. The normalized spacial score (nSPS) is 12.2. The number of aryl methyl sites for hydroxylation is 1. The van der Waals surface area contributed by atoms with Crippen molar-refractivity contribution in [3.8, 4) is 17.3 Å². The molecule has 4 aromatic rings. The van der Waals surface area contributed by atoms with Gasteiger partial charge in [-0.05, 0) is 69.0 Å². The molecule has 0 aliphatic carbocycles. The fourth-order valence-corrected chi connectivity index (χ4v) is 5.76. The molecule has 0 saturated carbocycles. The van der Waals surface area contributed by atoms with E-state index in [2.05, 4.69) is 15.1 Å². The molecule has 204 valence electrons. The van der Waals surface area contributed by atoms with Crippen molar-refractivity contribution >= 4 is 38.9 Å². The van der Waals surface area contributed by atoms with Crippen LogP contribution in [0.5, 0.6) is 11.6 Å². The average molecular weight is 569 g/mol. The van der Waals surface area contributed by atoms with Gasteiger partial charge in [0.15, 0.2) is 5.69 Å². The fourth-order valence-electron chi connectivity index (χ4n) is 3.66. The lowest BCUT2D eigenvalue weighted by Gasteiger charge is -2.17. The summed E-state index contributed by atoms with van der Waals surface area (Å²) in [5.41, 5.74) is 1.77. The van der Waals surface area contributed by atoms with Crippen LogP contribution in [0.15, 0.2) is 64.9 Å². The van der Waals surface area contributed by atoms with Crippen LogP contribution in [-0.4, -0.2) is 41.2 Å². The zero-order valence-electron chi connectivity index (χ0n) is 21.8. The highest BCUT2D eigenvalue weighted by atomic mass is 32.2. The second-order valence-corrected chi connectivity index (χ2v) is 11.6. The maximum Gasteiger partial charge on any atom is 0.356 e. The molecule has 0 aliphatic heterocycles. The Hall–Kier alpha value is -4.00. The standard InChI is InChI=1S/C27H28N4O6S2/c1-5-17(3)30-39(35,36)23-15-19(28-25(32)22-7-6-14-38-22)10-13-21(23)37-26-18(4)24(27(33)34)29-31(26)20-11-8-16(2)9-12-20/h6-15,17,30H,5H2,1-4H3,(H,28,32)(H,33,34)/t17-/m1/s1. The summed E-state index contributed by atoms with van der Waals surface area (Å²) in [6, 6.07) is 14.5. The molecule has 4 rings (SSSR count). The minimum Gasteiger partial charge on any atom is -0.476 e. The number of hydrogen-bond acceptors (Lipinski definition) is 7. The summed E-state index contributed by atoms with van der Waals surface area (Å²) >= 11 is 1.26. The molecular formula is C27H28N4O6S2. The molecule has 12 heteroatoms. The number of nitrogens with one attached hydrogen (secondary N) is 2. The SMILES string of the molecule is CC[C@@H](C)NS(=O)(=O)c1cc(NC(=O)c2cccs2)ccc1Oc1c(C)c(C(=O)O)nn1-c1ccc(C)cc1. The maximum atomic E-state index is 13.5. The van der Waals surface area contributed by atoms with Gasteiger partial charge in [0.05, 0.1) is 10.6 Å². The van der Waals surface area contributed by atoms with Crippen LogP contribution in [0.2, 0.25) is 0 Å². The Labute approximate surface area is 230 Å². The predicted octanol–water partition coefficient (Wildman–Crippen LogP) is 5.37. The third-order valence-corrected chi connectivity index (χ3v) is 8.44. The van der Waals surface area contributed by atoms with Crippen molar-refractivity contribution in [1.29, 1.82) is 0 Å². The molecule has 1 amide bonds. The number of sulfonamides is 1. The number of aromatic carboxylic acids is 1. The molecule has 2 aromatic carbocycles. The van der Waals surface area contributed by atoms with Gasteiger partial charge in [0.1, 0.15) is 10.6 Å². The number of amides is 1.